The average Bonchev–Trinajstić information content (AvgIpc) is 1.66. The number of thiophene rings is 2. The Balaban J connectivity index is 0.000000245. The number of allylic oxidation sites excluding steroid dienone is 2. The largest absolute Gasteiger partial charge is 0.513 e. The summed E-state index contributed by atoms with van der Waals surface area (Å²) in [5.41, 5.74) is 21.2. The standard InChI is InChI=1S/C23H34N4O5.C23H33N3O4.C23H33NO2S2.C23H37NO2.C21H29N3O4/c1-14(25-21(29)17-8-6-16(7-9-17)20(24)26-31)22(30)27-12-10-18(11-13-27)32-19(15(2)28)23(3,4)5;1-5-30-22(29)19(23(2,3)4)11-10-18(27)14-16-12-13-26(21(16)28)17-8-6-15(7-9-17)20(24)25;1-15(25)19(23(2,3)4)7-8-20(26)21-14-17-13-18(27-22(17)28-21)6-5-16-9-11-24-12-10-16;1-18(25)22(23(2,3)4)17-20-8-10-21(11-9-20)26-16-6-5-7-19-12-14-24-15-13-19;1-21(2,3)17(20(26)27-4)10-9-15(25)11-16-12-18(24-28-16)13-5-7-14(8-6-13)19(22)23/h6-9,14,18-19,28,31H,2,10-13H2,1,3-5H3,(H2,24,26)(H,25,29);6-9,16,19H,5,10-14H2,1-4H3,(H3,24,25);13-14,16,19,24-25H,1,5-12H2,2-4H3;8-11,19,22,24-25H,1,5-7,12-17H2,2-4H3;5-8,16-17H,9-12H2,1-4H3,(H3,22,23). The highest BCUT2D eigenvalue weighted by Gasteiger charge is 2.40. The van der Waals surface area contributed by atoms with Gasteiger partial charge in [0.15, 0.2) is 11.6 Å². The summed E-state index contributed by atoms with van der Waals surface area (Å²) in [5, 5.41) is 71.1. The van der Waals surface area contributed by atoms with Gasteiger partial charge in [-0.1, -0.05) is 189 Å². The number of ketones is 3. The molecule has 4 saturated heterocycles. The highest BCUT2D eigenvalue weighted by molar-refractivity contribution is 7.39. The number of aliphatic hydroxyl groups excluding tert-OH is 3. The first-order valence-corrected chi connectivity index (χ1v) is 52.7. The van der Waals surface area contributed by atoms with Gasteiger partial charge in [0.1, 0.15) is 53.0 Å². The molecule has 0 saturated carbocycles. The molecule has 5 aliphatic rings. The molecule has 792 valence electrons. The second-order valence-electron chi connectivity index (χ2n) is 44.2. The van der Waals surface area contributed by atoms with Crippen molar-refractivity contribution in [3.05, 3.63) is 189 Å². The van der Waals surface area contributed by atoms with Gasteiger partial charge in [0.05, 0.1) is 64.4 Å². The van der Waals surface area contributed by atoms with Gasteiger partial charge in [-0.3, -0.25) is 49.2 Å². The first-order valence-electron chi connectivity index (χ1n) is 51.1. The van der Waals surface area contributed by atoms with E-state index in [0.29, 0.717) is 106 Å². The first-order chi connectivity index (χ1) is 67.7. The van der Waals surface area contributed by atoms with E-state index in [9.17, 15) is 53.7 Å². The number of nitrogens with zero attached hydrogens (tertiary/aromatic N) is 4. The number of aliphatic hydroxyl groups is 3. The van der Waals surface area contributed by atoms with Gasteiger partial charge in [-0.25, -0.2) is 0 Å². The number of anilines is 1. The number of unbranched alkanes of at least 4 members (excludes halogenated alkanes) is 1. The Kier molecular flexibility index (Phi) is 47.1. The number of nitrogen functional groups attached to an aromatic ring is 2. The molecule has 2 aromatic heterocycles. The van der Waals surface area contributed by atoms with Crippen molar-refractivity contribution in [1.29, 1.82) is 10.8 Å². The minimum Gasteiger partial charge on any atom is -0.513 e. The first kappa shape index (κ1) is 120. The summed E-state index contributed by atoms with van der Waals surface area (Å²) in [6.07, 6.45) is 16.8. The molecule has 8 unspecified atom stereocenters. The van der Waals surface area contributed by atoms with E-state index in [1.165, 1.54) is 85.0 Å². The molecule has 144 heavy (non-hydrogen) atoms. The SMILES string of the molecule is C=C(O)C(CCC(=O)c1cc2cc(CCC3CCNCC3)sc2s1)C(C)(C)C.C=C(O)C(Cc1ccc(OCCCCC2CCNCC2)cc1)C(C)(C)C.C=C(O)C(OC1CCN(C(=O)C(C)NC(=O)c2ccc(/C(N)=N/O)cc2)CC1)C(C)(C)C.CCOC(=O)C(CCC(=O)CC1CCN(c2ccc(C(=N)N)cc2)C1=O)C(C)(C)C.COC(=O)C(CCC(=O)CC1CC(c2ccc(C(=N)N)cc2)=NO1)C(C)(C)C. The highest BCUT2D eigenvalue weighted by atomic mass is 32.2. The fourth-order valence-corrected chi connectivity index (χ4v) is 21.2. The van der Waals surface area contributed by atoms with E-state index in [2.05, 4.69) is 112 Å². The molecule has 0 radical (unpaired) electrons. The van der Waals surface area contributed by atoms with Crippen LogP contribution in [0.5, 0.6) is 5.75 Å². The molecular formula is C113H166N12O17S2. The van der Waals surface area contributed by atoms with Gasteiger partial charge in [-0.15, -0.1) is 22.7 Å². The second-order valence-corrected chi connectivity index (χ2v) is 46.6. The van der Waals surface area contributed by atoms with E-state index in [1.54, 1.807) is 95.6 Å². The van der Waals surface area contributed by atoms with Crippen LogP contribution in [0.25, 0.3) is 9.40 Å². The molecule has 29 nitrogen and oxygen atoms in total. The van der Waals surface area contributed by atoms with Crippen LogP contribution < -0.4 is 42.8 Å². The number of carbonyl (C=O) groups excluding carboxylic acids is 8. The van der Waals surface area contributed by atoms with Crippen molar-refractivity contribution < 1.29 is 82.7 Å². The number of hydrogen-bond acceptors (Lipinski definition) is 25. The van der Waals surface area contributed by atoms with Crippen molar-refractivity contribution >= 4 is 108 Å². The molecule has 0 spiro atoms. The average molecular weight is 2030 g/mol. The maximum atomic E-state index is 12.8. The van der Waals surface area contributed by atoms with Crippen molar-refractivity contribution in [3.8, 4) is 5.75 Å². The van der Waals surface area contributed by atoms with E-state index in [-0.39, 0.29) is 170 Å². The van der Waals surface area contributed by atoms with Gasteiger partial charge in [0.25, 0.3) is 5.91 Å². The van der Waals surface area contributed by atoms with E-state index < -0.39 is 12.1 Å². The maximum Gasteiger partial charge on any atom is 0.309 e. The number of Topliss-reactive ketones (excluding diaryl/α,β-unsaturated/α-hetero) is 3. The topological polar surface area (TPSA) is 457 Å². The number of oxime groups is 2. The number of hydrogen-bond donors (Lipinski definition) is 12. The number of likely N-dealkylation sites (tertiary alicyclic amines) is 1. The lowest BCUT2D eigenvalue weighted by atomic mass is 9.76. The van der Waals surface area contributed by atoms with E-state index in [0.717, 1.165) is 78.4 Å². The number of amides is 3. The number of fused-ring (bicyclic) bond motifs is 1. The van der Waals surface area contributed by atoms with Crippen molar-refractivity contribution in [1.82, 2.24) is 20.9 Å². The van der Waals surface area contributed by atoms with Crippen LogP contribution in [0.1, 0.15) is 299 Å². The fourth-order valence-electron chi connectivity index (χ4n) is 18.7. The zero-order valence-electron chi connectivity index (χ0n) is 88.7. The van der Waals surface area contributed by atoms with Gasteiger partial charge >= 0.3 is 11.9 Å². The van der Waals surface area contributed by atoms with Gasteiger partial charge in [0, 0.05) is 114 Å². The molecule has 0 bridgehead atoms. The number of amidine groups is 3. The lowest BCUT2D eigenvalue weighted by Crippen LogP contribution is -2.50. The number of nitrogens with one attached hydrogen (secondary N) is 5. The summed E-state index contributed by atoms with van der Waals surface area (Å²) < 4.78 is 23.3. The molecular weight excluding hydrogens is 1860 g/mol. The number of benzene rings is 4. The molecule has 3 amide bonds. The summed E-state index contributed by atoms with van der Waals surface area (Å²) in [6.45, 7) is 52.3. The number of aryl methyl sites for hydroxylation is 1. The third-order valence-corrected chi connectivity index (χ3v) is 30.0. The Morgan fingerprint density at radius 3 is 1.62 bits per heavy atom. The molecule has 31 heteroatoms. The monoisotopic (exact) mass is 2030 g/mol. The number of rotatable bonds is 41. The summed E-state index contributed by atoms with van der Waals surface area (Å²) in [7, 11) is 1.37. The summed E-state index contributed by atoms with van der Waals surface area (Å²) in [6, 6.07) is 32.3. The van der Waals surface area contributed by atoms with Crippen molar-refractivity contribution in [2.45, 2.75) is 283 Å². The predicted molar refractivity (Wildman–Crippen MR) is 577 cm³/mol. The summed E-state index contributed by atoms with van der Waals surface area (Å²) >= 11 is 3.48. The van der Waals surface area contributed by atoms with Crippen LogP contribution in [-0.2, 0) is 60.7 Å². The van der Waals surface area contributed by atoms with Gasteiger partial charge in [-0.05, 0) is 247 Å². The van der Waals surface area contributed by atoms with Crippen LogP contribution in [0.2, 0.25) is 0 Å². The smallest absolute Gasteiger partial charge is 0.309 e. The lowest BCUT2D eigenvalue weighted by molar-refractivity contribution is -0.152. The summed E-state index contributed by atoms with van der Waals surface area (Å²) in [4.78, 5) is 111. The molecule has 4 fully saturated rings. The minimum atomic E-state index is -0.691. The zero-order valence-corrected chi connectivity index (χ0v) is 90.4. The van der Waals surface area contributed by atoms with Crippen molar-refractivity contribution in [2.75, 3.05) is 71.0 Å². The number of nitrogens with two attached hydrogens (primary N) is 3. The Bertz CT molecular complexity index is 5250. The number of carbonyl (C=O) groups is 8. The van der Waals surface area contributed by atoms with Gasteiger partial charge < -0.3 is 87.3 Å². The lowest BCUT2D eigenvalue weighted by Gasteiger charge is -2.38. The summed E-state index contributed by atoms with van der Waals surface area (Å²) in [5.74, 6) is 1.18. The van der Waals surface area contributed by atoms with Gasteiger partial charge in [0.2, 0.25) is 11.8 Å². The fraction of sp³-hybridized carbons (Fsp3) is 0.575. The quantitative estimate of drug-likeness (QED) is 0.00248. The maximum absolute atomic E-state index is 12.8. The van der Waals surface area contributed by atoms with E-state index in [1.807, 2.05) is 97.9 Å². The second kappa shape index (κ2) is 56.5. The number of piperidine rings is 3. The van der Waals surface area contributed by atoms with E-state index in [4.69, 9.17) is 57.0 Å². The molecule has 11 rings (SSSR count). The number of ether oxygens (including phenoxy) is 4. The third kappa shape index (κ3) is 39.0. The molecule has 15 N–H and O–H groups in total. The molecule has 6 aromatic rings. The zero-order chi connectivity index (χ0) is 107. The molecule has 5 aliphatic heterocycles. The van der Waals surface area contributed by atoms with Crippen LogP contribution >= 0.6 is 22.7 Å². The van der Waals surface area contributed by atoms with E-state index >= 15 is 0 Å². The number of methoxy groups -OCH3 is 1. The van der Waals surface area contributed by atoms with Crippen LogP contribution in [0.4, 0.5) is 5.69 Å². The normalized spacial score (nSPS) is 17.4. The molecule has 0 aliphatic carbocycles. The van der Waals surface area contributed by atoms with Crippen LogP contribution in [-0.4, -0.2) is 186 Å². The Morgan fingerprint density at radius 2 is 1.12 bits per heavy atom. The molecule has 4 aromatic carbocycles. The number of esters is 2. The molecule has 8 atom stereocenters. The van der Waals surface area contributed by atoms with Crippen molar-refractivity contribution in [2.24, 2.45) is 96.0 Å². The Hall–Kier alpha value is -11.1. The van der Waals surface area contributed by atoms with Crippen LogP contribution in [0, 0.1) is 79.3 Å². The van der Waals surface area contributed by atoms with Crippen LogP contribution in [0.15, 0.2) is 157 Å². The van der Waals surface area contributed by atoms with Crippen molar-refractivity contribution in [3.63, 3.8) is 0 Å². The minimum absolute atomic E-state index is 0.000626. The predicted octanol–water partition coefficient (Wildman–Crippen LogP) is 20.8. The van der Waals surface area contributed by atoms with Gasteiger partial charge in [-0.2, -0.15) is 0 Å². The Labute approximate surface area is 862 Å². The van der Waals surface area contributed by atoms with Crippen LogP contribution in [0.3, 0.4) is 0 Å². The molecule has 7 heterocycles. The highest BCUT2D eigenvalue weighted by Crippen LogP contribution is 2.41. The Morgan fingerprint density at radius 1 is 0.604 bits per heavy atom. The third-order valence-electron chi connectivity index (χ3n) is 27.5.